The van der Waals surface area contributed by atoms with Gasteiger partial charge in [0.05, 0.1) is 6.10 Å². The Kier molecular flexibility index (Phi) is 8.59. The van der Waals surface area contributed by atoms with E-state index < -0.39 is 6.10 Å². The molecule has 0 fully saturated rings. The fourth-order valence-electron chi connectivity index (χ4n) is 1.95. The Morgan fingerprint density at radius 3 is 2.65 bits per heavy atom. The number of hydrogen-bond acceptors (Lipinski definition) is 3. The highest BCUT2D eigenvalue weighted by Gasteiger charge is 2.03. The molecule has 2 N–H and O–H groups in total. The lowest BCUT2D eigenvalue weighted by molar-refractivity contribution is -0.114. The molecule has 0 radical (unpaired) electrons. The third-order valence-corrected chi connectivity index (χ3v) is 3.15. The lowest BCUT2D eigenvalue weighted by Gasteiger charge is -2.07. The van der Waals surface area contributed by atoms with E-state index in [0.717, 1.165) is 12.8 Å². The van der Waals surface area contributed by atoms with Crippen LogP contribution in [0.25, 0.3) is 0 Å². The summed E-state index contributed by atoms with van der Waals surface area (Å²) < 4.78 is 0. The normalized spacial score (nSPS) is 12.7. The quantitative estimate of drug-likeness (QED) is 0.510. The predicted molar refractivity (Wildman–Crippen MR) is 80.5 cm³/mol. The maximum absolute atomic E-state index is 11.4. The second-order valence-electron chi connectivity index (χ2n) is 4.96. The first-order valence-corrected chi connectivity index (χ1v) is 7.24. The van der Waals surface area contributed by atoms with Crippen LogP contribution in [0, 0.1) is 0 Å². The summed E-state index contributed by atoms with van der Waals surface area (Å²) in [5.41, 5.74) is 1.22. The van der Waals surface area contributed by atoms with E-state index >= 15 is 0 Å². The van der Waals surface area contributed by atoms with Crippen LogP contribution in [0.1, 0.15) is 37.7 Å². The predicted octanol–water partition coefficient (Wildman–Crippen LogP) is 2.66. The van der Waals surface area contributed by atoms with Gasteiger partial charge in [-0.3, -0.25) is 4.79 Å². The smallest absolute Gasteiger partial charge is 0.155 e. The molecule has 3 nitrogen and oxygen atoms in total. The van der Waals surface area contributed by atoms with Gasteiger partial charge in [-0.2, -0.15) is 0 Å². The second kappa shape index (κ2) is 10.4. The molecule has 0 saturated carbocycles. The van der Waals surface area contributed by atoms with Gasteiger partial charge in [0.2, 0.25) is 0 Å². The van der Waals surface area contributed by atoms with Gasteiger partial charge < -0.3 is 10.2 Å². The lowest BCUT2D eigenvalue weighted by atomic mass is 10.0. The number of hydrogen-bond donors (Lipinski definition) is 2. The molecule has 0 amide bonds. The molecular formula is C17H24O3. The van der Waals surface area contributed by atoms with Crippen molar-refractivity contribution in [1.29, 1.82) is 0 Å². The average molecular weight is 276 g/mol. The maximum atomic E-state index is 11.4. The Balaban J connectivity index is 2.16. The zero-order chi connectivity index (χ0) is 14.6. The molecular weight excluding hydrogens is 252 g/mol. The van der Waals surface area contributed by atoms with Crippen LogP contribution >= 0.6 is 0 Å². The van der Waals surface area contributed by atoms with E-state index in [9.17, 15) is 9.90 Å². The summed E-state index contributed by atoms with van der Waals surface area (Å²) in [6, 6.07) is 10.1. The average Bonchev–Trinajstić information content (AvgIpc) is 2.46. The van der Waals surface area contributed by atoms with Crippen LogP contribution < -0.4 is 0 Å². The Bertz CT molecular complexity index is 398. The summed E-state index contributed by atoms with van der Waals surface area (Å²) in [5, 5.41) is 18.5. The van der Waals surface area contributed by atoms with Gasteiger partial charge >= 0.3 is 0 Å². The Labute approximate surface area is 121 Å². The second-order valence-corrected chi connectivity index (χ2v) is 4.96. The first kappa shape index (κ1) is 16.6. The van der Waals surface area contributed by atoms with Crippen LogP contribution in [-0.4, -0.2) is 28.7 Å². The van der Waals surface area contributed by atoms with Gasteiger partial charge in [-0.1, -0.05) is 36.4 Å². The number of carbonyl (C=O) groups is 1. The molecule has 0 bridgehead atoms. The standard InChI is InChI=1S/C17H24O3/c18-14-5-4-9-16(19)10-6-11-17(20)13-12-15-7-2-1-3-8-15/h1-3,6-8,10,17-18,20H,4-5,9,11-14H2/b10-6+. The van der Waals surface area contributed by atoms with E-state index in [1.165, 1.54) is 5.56 Å². The van der Waals surface area contributed by atoms with Crippen molar-refractivity contribution in [3.8, 4) is 0 Å². The first-order chi connectivity index (χ1) is 9.72. The number of rotatable bonds is 10. The number of carbonyl (C=O) groups excluding carboxylic acids is 1. The van der Waals surface area contributed by atoms with Crippen molar-refractivity contribution in [3.63, 3.8) is 0 Å². The summed E-state index contributed by atoms with van der Waals surface area (Å²) in [7, 11) is 0. The number of aliphatic hydroxyl groups is 2. The van der Waals surface area contributed by atoms with E-state index in [4.69, 9.17) is 5.11 Å². The summed E-state index contributed by atoms with van der Waals surface area (Å²) in [6.07, 6.45) is 6.80. The number of aryl methyl sites for hydroxylation is 1. The van der Waals surface area contributed by atoms with Gasteiger partial charge in [0.1, 0.15) is 0 Å². The summed E-state index contributed by atoms with van der Waals surface area (Å²) in [4.78, 5) is 11.4. The van der Waals surface area contributed by atoms with Crippen LogP contribution in [0.4, 0.5) is 0 Å². The van der Waals surface area contributed by atoms with Crippen molar-refractivity contribution in [2.45, 2.75) is 44.6 Å². The van der Waals surface area contributed by atoms with Gasteiger partial charge in [0, 0.05) is 13.0 Å². The fraction of sp³-hybridized carbons (Fsp3) is 0.471. The fourth-order valence-corrected chi connectivity index (χ4v) is 1.95. The molecule has 1 atom stereocenters. The molecule has 1 unspecified atom stereocenters. The van der Waals surface area contributed by atoms with Gasteiger partial charge in [0.15, 0.2) is 5.78 Å². The Morgan fingerprint density at radius 1 is 1.20 bits per heavy atom. The third-order valence-electron chi connectivity index (χ3n) is 3.15. The molecule has 0 aliphatic rings. The van der Waals surface area contributed by atoms with Gasteiger partial charge in [-0.15, -0.1) is 0 Å². The number of aliphatic hydroxyl groups excluding tert-OH is 2. The minimum atomic E-state index is -0.406. The summed E-state index contributed by atoms with van der Waals surface area (Å²) in [5.74, 6) is 0.0636. The molecule has 1 rings (SSSR count). The van der Waals surface area contributed by atoms with E-state index in [1.807, 2.05) is 30.3 Å². The molecule has 0 heterocycles. The number of benzene rings is 1. The Hall–Kier alpha value is -1.45. The van der Waals surface area contributed by atoms with E-state index in [-0.39, 0.29) is 12.4 Å². The molecule has 20 heavy (non-hydrogen) atoms. The van der Waals surface area contributed by atoms with E-state index in [0.29, 0.717) is 25.7 Å². The highest BCUT2D eigenvalue weighted by Crippen LogP contribution is 2.08. The summed E-state index contributed by atoms with van der Waals surface area (Å²) >= 11 is 0. The molecule has 0 aliphatic carbocycles. The molecule has 110 valence electrons. The molecule has 1 aromatic carbocycles. The van der Waals surface area contributed by atoms with Crippen molar-refractivity contribution in [3.05, 3.63) is 48.0 Å². The highest BCUT2D eigenvalue weighted by molar-refractivity contribution is 5.89. The minimum Gasteiger partial charge on any atom is -0.396 e. The van der Waals surface area contributed by atoms with Crippen LogP contribution in [0.2, 0.25) is 0 Å². The molecule has 0 spiro atoms. The monoisotopic (exact) mass is 276 g/mol. The zero-order valence-electron chi connectivity index (χ0n) is 11.9. The molecule has 3 heteroatoms. The number of ketones is 1. The topological polar surface area (TPSA) is 57.5 Å². The SMILES string of the molecule is O=C(/C=C/CC(O)CCc1ccccc1)CCCCO. The van der Waals surface area contributed by atoms with Crippen LogP contribution in [-0.2, 0) is 11.2 Å². The molecule has 0 saturated heterocycles. The van der Waals surface area contributed by atoms with Crippen molar-refractivity contribution < 1.29 is 15.0 Å². The maximum Gasteiger partial charge on any atom is 0.155 e. The van der Waals surface area contributed by atoms with E-state index in [1.54, 1.807) is 12.2 Å². The minimum absolute atomic E-state index is 0.0636. The van der Waals surface area contributed by atoms with Crippen molar-refractivity contribution in [2.24, 2.45) is 0 Å². The largest absolute Gasteiger partial charge is 0.396 e. The van der Waals surface area contributed by atoms with Crippen molar-refractivity contribution in [1.82, 2.24) is 0 Å². The van der Waals surface area contributed by atoms with E-state index in [2.05, 4.69) is 0 Å². The van der Waals surface area contributed by atoms with Crippen LogP contribution in [0.5, 0.6) is 0 Å². The number of unbranched alkanes of at least 4 members (excludes halogenated alkanes) is 1. The van der Waals surface area contributed by atoms with Crippen molar-refractivity contribution >= 4 is 5.78 Å². The van der Waals surface area contributed by atoms with Gasteiger partial charge in [-0.25, -0.2) is 0 Å². The van der Waals surface area contributed by atoms with Crippen LogP contribution in [0.15, 0.2) is 42.5 Å². The molecule has 1 aromatic rings. The first-order valence-electron chi connectivity index (χ1n) is 7.24. The van der Waals surface area contributed by atoms with Crippen molar-refractivity contribution in [2.75, 3.05) is 6.61 Å². The lowest BCUT2D eigenvalue weighted by Crippen LogP contribution is -2.06. The third kappa shape index (κ3) is 7.87. The highest BCUT2D eigenvalue weighted by atomic mass is 16.3. The van der Waals surface area contributed by atoms with Gasteiger partial charge in [0.25, 0.3) is 0 Å². The number of allylic oxidation sites excluding steroid dienone is 1. The zero-order valence-corrected chi connectivity index (χ0v) is 11.9. The Morgan fingerprint density at radius 2 is 1.95 bits per heavy atom. The molecule has 0 aliphatic heterocycles. The van der Waals surface area contributed by atoms with Gasteiger partial charge in [-0.05, 0) is 43.7 Å². The van der Waals surface area contributed by atoms with Crippen LogP contribution in [0.3, 0.4) is 0 Å². The summed E-state index contributed by atoms with van der Waals surface area (Å²) in [6.45, 7) is 0.134. The molecule has 0 aromatic heterocycles.